The molecule has 0 radical (unpaired) electrons. The Morgan fingerprint density at radius 2 is 1.45 bits per heavy atom. The largest absolute Gasteiger partial charge is 0.433 e. The molecule has 3 aromatic rings. The van der Waals surface area contributed by atoms with Crippen LogP contribution >= 0.6 is 0 Å². The van der Waals surface area contributed by atoms with Crippen LogP contribution in [-0.4, -0.2) is 56.1 Å². The number of aryl methyl sites for hydroxylation is 2. The van der Waals surface area contributed by atoms with Crippen LogP contribution in [0.5, 0.6) is 0 Å². The van der Waals surface area contributed by atoms with Crippen molar-refractivity contribution in [1.29, 1.82) is 0 Å². The molecule has 0 bridgehead atoms. The Bertz CT molecular complexity index is 991. The van der Waals surface area contributed by atoms with Gasteiger partial charge in [0.1, 0.15) is 17.8 Å². The number of hydrogen-bond donors (Lipinski definition) is 0. The van der Waals surface area contributed by atoms with Gasteiger partial charge in [0.25, 0.3) is 0 Å². The first-order valence-corrected chi connectivity index (χ1v) is 9.08. The van der Waals surface area contributed by atoms with Crippen molar-refractivity contribution in [3.63, 3.8) is 0 Å². The summed E-state index contributed by atoms with van der Waals surface area (Å²) in [4.78, 5) is 11.2. The molecule has 0 spiro atoms. The zero-order valence-electron chi connectivity index (χ0n) is 15.9. The van der Waals surface area contributed by atoms with Crippen molar-refractivity contribution in [2.24, 2.45) is 0 Å². The number of hydrogen-bond acceptors (Lipinski definition) is 7. The second kappa shape index (κ2) is 7.30. The first kappa shape index (κ1) is 19.1. The fourth-order valence-corrected chi connectivity index (χ4v) is 3.30. The van der Waals surface area contributed by atoms with Gasteiger partial charge in [0.05, 0.1) is 5.69 Å². The van der Waals surface area contributed by atoms with Crippen molar-refractivity contribution in [3.05, 3.63) is 47.7 Å². The van der Waals surface area contributed by atoms with Crippen LogP contribution in [0.2, 0.25) is 0 Å². The predicted molar refractivity (Wildman–Crippen MR) is 100 cm³/mol. The van der Waals surface area contributed by atoms with Crippen molar-refractivity contribution >= 4 is 11.6 Å². The molecule has 29 heavy (non-hydrogen) atoms. The van der Waals surface area contributed by atoms with E-state index in [0.29, 0.717) is 37.8 Å². The molecule has 0 saturated carbocycles. The molecule has 1 fully saturated rings. The Morgan fingerprint density at radius 1 is 0.828 bits per heavy atom. The SMILES string of the molecule is Cc1cc(C)n(-c2ccc(N3CCN(c4cc(C(F)(F)F)ncn4)CC3)nn2)n1. The monoisotopic (exact) mass is 404 g/mol. The van der Waals surface area contributed by atoms with Crippen LogP contribution in [0.25, 0.3) is 5.82 Å². The zero-order valence-corrected chi connectivity index (χ0v) is 15.9. The smallest absolute Gasteiger partial charge is 0.353 e. The molecule has 3 aromatic heterocycles. The minimum absolute atomic E-state index is 0.276. The van der Waals surface area contributed by atoms with Gasteiger partial charge in [0.2, 0.25) is 0 Å². The van der Waals surface area contributed by atoms with E-state index < -0.39 is 11.9 Å². The molecule has 1 aliphatic heterocycles. The van der Waals surface area contributed by atoms with Crippen LogP contribution in [0.3, 0.4) is 0 Å². The number of anilines is 2. The zero-order chi connectivity index (χ0) is 20.6. The first-order chi connectivity index (χ1) is 13.8. The van der Waals surface area contributed by atoms with E-state index in [1.165, 1.54) is 0 Å². The second-order valence-corrected chi connectivity index (χ2v) is 6.82. The highest BCUT2D eigenvalue weighted by atomic mass is 19.4. The van der Waals surface area contributed by atoms with Gasteiger partial charge in [-0.15, -0.1) is 10.2 Å². The molecule has 0 aromatic carbocycles. The van der Waals surface area contributed by atoms with Crippen LogP contribution in [0.4, 0.5) is 24.8 Å². The summed E-state index contributed by atoms with van der Waals surface area (Å²) in [7, 11) is 0. The standard InChI is InChI=1S/C18H19F3N8/c1-12-9-13(2)29(26-12)16-4-3-15(24-25-16)27-5-7-28(8-6-27)17-10-14(18(19,20)21)22-11-23-17/h3-4,9-11H,5-8H2,1-2H3. The maximum Gasteiger partial charge on any atom is 0.433 e. The molecule has 1 aliphatic rings. The van der Waals surface area contributed by atoms with Crippen molar-refractivity contribution in [2.45, 2.75) is 20.0 Å². The number of aromatic nitrogens is 6. The van der Waals surface area contributed by atoms with Crippen LogP contribution in [0.1, 0.15) is 17.1 Å². The molecule has 4 heterocycles. The molecule has 1 saturated heterocycles. The first-order valence-electron chi connectivity index (χ1n) is 9.08. The molecule has 0 N–H and O–H groups in total. The maximum absolute atomic E-state index is 12.9. The molecule has 152 valence electrons. The van der Waals surface area contributed by atoms with Gasteiger partial charge in [-0.3, -0.25) is 0 Å². The van der Waals surface area contributed by atoms with Crippen LogP contribution in [-0.2, 0) is 6.18 Å². The predicted octanol–water partition coefficient (Wildman–Crippen LogP) is 2.41. The van der Waals surface area contributed by atoms with Crippen LogP contribution in [0, 0.1) is 13.8 Å². The number of nitrogens with zero attached hydrogens (tertiary/aromatic N) is 8. The second-order valence-electron chi connectivity index (χ2n) is 6.82. The van der Waals surface area contributed by atoms with Crippen molar-refractivity contribution in [3.8, 4) is 5.82 Å². The molecule has 11 heteroatoms. The Morgan fingerprint density at radius 3 is 2.00 bits per heavy atom. The summed E-state index contributed by atoms with van der Waals surface area (Å²) >= 11 is 0. The van der Waals surface area contributed by atoms with Crippen molar-refractivity contribution < 1.29 is 13.2 Å². The molecule has 0 aliphatic carbocycles. The lowest BCUT2D eigenvalue weighted by molar-refractivity contribution is -0.141. The third-order valence-corrected chi connectivity index (χ3v) is 4.73. The average molecular weight is 404 g/mol. The third kappa shape index (κ3) is 3.98. The van der Waals surface area contributed by atoms with Gasteiger partial charge in [-0.25, -0.2) is 14.6 Å². The highest BCUT2D eigenvalue weighted by molar-refractivity contribution is 5.45. The van der Waals surface area contributed by atoms with E-state index in [4.69, 9.17) is 0 Å². The number of rotatable bonds is 3. The van der Waals surface area contributed by atoms with Crippen molar-refractivity contribution in [1.82, 2.24) is 29.9 Å². The topological polar surface area (TPSA) is 75.9 Å². The van der Waals surface area contributed by atoms with Gasteiger partial charge in [-0.1, -0.05) is 0 Å². The van der Waals surface area contributed by atoms with Gasteiger partial charge in [-0.05, 0) is 32.0 Å². The Hall–Kier alpha value is -3.24. The quantitative estimate of drug-likeness (QED) is 0.664. The van der Waals surface area contributed by atoms with Gasteiger partial charge in [0.15, 0.2) is 11.6 Å². The molecule has 8 nitrogen and oxygen atoms in total. The summed E-state index contributed by atoms with van der Waals surface area (Å²) in [6.45, 7) is 6.11. The summed E-state index contributed by atoms with van der Waals surface area (Å²) < 4.78 is 40.3. The molecule has 0 atom stereocenters. The van der Waals surface area contributed by atoms with Crippen LogP contribution < -0.4 is 9.80 Å². The van der Waals surface area contributed by atoms with Crippen molar-refractivity contribution in [2.75, 3.05) is 36.0 Å². The van der Waals surface area contributed by atoms with E-state index in [1.54, 1.807) is 4.68 Å². The average Bonchev–Trinajstić information content (AvgIpc) is 3.06. The molecular weight excluding hydrogens is 385 g/mol. The normalized spacial score (nSPS) is 15.1. The summed E-state index contributed by atoms with van der Waals surface area (Å²) in [6, 6.07) is 6.68. The lowest BCUT2D eigenvalue weighted by Crippen LogP contribution is -2.47. The lowest BCUT2D eigenvalue weighted by atomic mass is 10.3. The van der Waals surface area contributed by atoms with E-state index >= 15 is 0 Å². The molecular formula is C18H19F3N8. The van der Waals surface area contributed by atoms with E-state index in [1.807, 2.05) is 41.8 Å². The summed E-state index contributed by atoms with van der Waals surface area (Å²) in [5.74, 6) is 1.63. The van der Waals surface area contributed by atoms with Gasteiger partial charge < -0.3 is 9.80 Å². The van der Waals surface area contributed by atoms with E-state index in [9.17, 15) is 13.2 Å². The van der Waals surface area contributed by atoms with Gasteiger partial charge >= 0.3 is 6.18 Å². The number of alkyl halides is 3. The fraction of sp³-hybridized carbons (Fsp3) is 0.389. The van der Waals surface area contributed by atoms with Gasteiger partial charge in [0, 0.05) is 37.9 Å². The number of halogens is 3. The Labute approximate surface area is 165 Å². The van der Waals surface area contributed by atoms with E-state index in [2.05, 4.69) is 25.3 Å². The molecule has 0 amide bonds. The lowest BCUT2D eigenvalue weighted by Gasteiger charge is -2.35. The molecule has 0 unspecified atom stereocenters. The van der Waals surface area contributed by atoms with E-state index in [0.717, 1.165) is 23.8 Å². The minimum Gasteiger partial charge on any atom is -0.353 e. The minimum atomic E-state index is -4.48. The fourth-order valence-electron chi connectivity index (χ4n) is 3.30. The number of piperazine rings is 1. The van der Waals surface area contributed by atoms with Crippen LogP contribution in [0.15, 0.2) is 30.6 Å². The highest BCUT2D eigenvalue weighted by Gasteiger charge is 2.33. The van der Waals surface area contributed by atoms with E-state index in [-0.39, 0.29) is 5.82 Å². The summed E-state index contributed by atoms with van der Waals surface area (Å²) in [5, 5.41) is 13.0. The molecule has 4 rings (SSSR count). The maximum atomic E-state index is 12.9. The third-order valence-electron chi connectivity index (χ3n) is 4.73. The summed E-state index contributed by atoms with van der Waals surface area (Å²) in [5.41, 5.74) is 0.944. The van der Waals surface area contributed by atoms with Gasteiger partial charge in [-0.2, -0.15) is 18.3 Å². The Balaban J connectivity index is 1.43. The summed E-state index contributed by atoms with van der Waals surface area (Å²) in [6.07, 6.45) is -3.53. The highest BCUT2D eigenvalue weighted by Crippen LogP contribution is 2.29. The Kier molecular flexibility index (Phi) is 4.81.